The van der Waals surface area contributed by atoms with Gasteiger partial charge in [0.25, 0.3) is 0 Å². The molecule has 110 valence electrons. The average Bonchev–Trinajstić information content (AvgIpc) is 3.04. The minimum atomic E-state index is 0.705. The molecule has 0 radical (unpaired) electrons. The zero-order valence-corrected chi connectivity index (χ0v) is 14.1. The van der Waals surface area contributed by atoms with Crippen molar-refractivity contribution in [3.05, 3.63) is 69.6 Å². The fourth-order valence-electron chi connectivity index (χ4n) is 2.19. The van der Waals surface area contributed by atoms with E-state index in [1.54, 1.807) is 11.8 Å². The summed E-state index contributed by atoms with van der Waals surface area (Å²) in [5.74, 6) is 0.997. The molecule has 0 amide bonds. The van der Waals surface area contributed by atoms with E-state index in [9.17, 15) is 5.26 Å². The van der Waals surface area contributed by atoms with Gasteiger partial charge >= 0.3 is 0 Å². The van der Waals surface area contributed by atoms with Gasteiger partial charge < -0.3 is 4.90 Å². The van der Waals surface area contributed by atoms with Crippen molar-refractivity contribution in [1.82, 2.24) is 0 Å². The number of halogens is 1. The number of benzene rings is 2. The molecule has 0 aliphatic carbocycles. The lowest BCUT2D eigenvalue weighted by Gasteiger charge is -2.20. The third kappa shape index (κ3) is 3.44. The Hall–Kier alpha value is -1.54. The maximum Gasteiger partial charge on any atom is 0.120 e. The molecule has 5 heteroatoms. The maximum absolute atomic E-state index is 9.57. The van der Waals surface area contributed by atoms with Crippen molar-refractivity contribution in [2.45, 2.75) is 4.90 Å². The SMILES string of the molecule is N#C/C(Sc1ccc(Cl)cc1)=C1/SCCN1c1ccccc1. The number of hydrogen-bond donors (Lipinski definition) is 0. The Kier molecular flexibility index (Phi) is 4.99. The first kappa shape index (κ1) is 15.4. The van der Waals surface area contributed by atoms with Crippen molar-refractivity contribution < 1.29 is 0 Å². The molecule has 0 aromatic heterocycles. The van der Waals surface area contributed by atoms with Gasteiger partial charge in [0.05, 0.1) is 0 Å². The van der Waals surface area contributed by atoms with Crippen LogP contribution in [0.15, 0.2) is 69.4 Å². The summed E-state index contributed by atoms with van der Waals surface area (Å²) in [6, 6.07) is 20.1. The van der Waals surface area contributed by atoms with Crippen LogP contribution in [0.1, 0.15) is 0 Å². The highest BCUT2D eigenvalue weighted by molar-refractivity contribution is 8.07. The van der Waals surface area contributed by atoms with E-state index in [1.165, 1.54) is 11.8 Å². The molecule has 0 atom stereocenters. The second-order valence-corrected chi connectivity index (χ2v) is 7.24. The number of rotatable bonds is 3. The Morgan fingerprint density at radius 1 is 1.14 bits per heavy atom. The first-order valence-electron chi connectivity index (χ1n) is 6.81. The Morgan fingerprint density at radius 3 is 2.55 bits per heavy atom. The Bertz CT molecular complexity index is 721. The smallest absolute Gasteiger partial charge is 0.120 e. The first-order valence-corrected chi connectivity index (χ1v) is 8.99. The van der Waals surface area contributed by atoms with Gasteiger partial charge in [0.15, 0.2) is 0 Å². The van der Waals surface area contributed by atoms with Crippen LogP contribution in [0.3, 0.4) is 0 Å². The van der Waals surface area contributed by atoms with Crippen LogP contribution in [0, 0.1) is 11.3 Å². The number of nitrogens with zero attached hydrogens (tertiary/aromatic N) is 2. The number of nitriles is 1. The minimum Gasteiger partial charge on any atom is -0.334 e. The van der Waals surface area contributed by atoms with E-state index in [0.717, 1.165) is 32.8 Å². The van der Waals surface area contributed by atoms with Crippen LogP contribution in [0.4, 0.5) is 5.69 Å². The molecule has 0 unspecified atom stereocenters. The molecule has 2 aromatic carbocycles. The molecule has 0 saturated carbocycles. The lowest BCUT2D eigenvalue weighted by Crippen LogP contribution is -2.17. The molecule has 2 aromatic rings. The van der Waals surface area contributed by atoms with Crippen LogP contribution in [-0.4, -0.2) is 12.3 Å². The summed E-state index contributed by atoms with van der Waals surface area (Å²) in [5.41, 5.74) is 1.13. The van der Waals surface area contributed by atoms with Gasteiger partial charge in [-0.15, -0.1) is 11.8 Å². The zero-order chi connectivity index (χ0) is 15.4. The summed E-state index contributed by atoms with van der Waals surface area (Å²) < 4.78 is 0. The number of hydrogen-bond acceptors (Lipinski definition) is 4. The third-order valence-corrected chi connectivity index (χ3v) is 5.66. The number of anilines is 1. The molecule has 1 aliphatic rings. The number of thioether (sulfide) groups is 2. The molecule has 1 aliphatic heterocycles. The summed E-state index contributed by atoms with van der Waals surface area (Å²) in [4.78, 5) is 3.97. The van der Waals surface area contributed by atoms with E-state index >= 15 is 0 Å². The van der Waals surface area contributed by atoms with Gasteiger partial charge in [0, 0.05) is 27.9 Å². The van der Waals surface area contributed by atoms with Crippen LogP contribution in [-0.2, 0) is 0 Å². The highest BCUT2D eigenvalue weighted by Gasteiger charge is 2.23. The van der Waals surface area contributed by atoms with Crippen LogP contribution in [0.5, 0.6) is 0 Å². The Labute approximate surface area is 143 Å². The fourth-order valence-corrected chi connectivity index (χ4v) is 4.37. The topological polar surface area (TPSA) is 27.0 Å². The lowest BCUT2D eigenvalue weighted by molar-refractivity contribution is 1.05. The van der Waals surface area contributed by atoms with Crippen LogP contribution < -0.4 is 4.90 Å². The Morgan fingerprint density at radius 2 is 1.86 bits per heavy atom. The van der Waals surface area contributed by atoms with E-state index < -0.39 is 0 Å². The zero-order valence-electron chi connectivity index (χ0n) is 11.7. The molecule has 1 heterocycles. The van der Waals surface area contributed by atoms with Crippen LogP contribution in [0.2, 0.25) is 5.02 Å². The predicted molar refractivity (Wildman–Crippen MR) is 96.2 cm³/mol. The molecule has 0 bridgehead atoms. The van der Waals surface area contributed by atoms with Gasteiger partial charge in [0.2, 0.25) is 0 Å². The summed E-state index contributed by atoms with van der Waals surface area (Å²) in [7, 11) is 0. The van der Waals surface area contributed by atoms with E-state index in [-0.39, 0.29) is 0 Å². The molecule has 1 fully saturated rings. The molecule has 3 rings (SSSR count). The molecule has 1 saturated heterocycles. The summed E-state index contributed by atoms with van der Waals surface area (Å²) in [5, 5.41) is 11.3. The molecular formula is C17H13ClN2S2. The molecular weight excluding hydrogens is 332 g/mol. The standard InChI is InChI=1S/C17H13ClN2S2/c18-13-6-8-15(9-7-13)22-16(12-19)17-20(10-11-21-17)14-4-2-1-3-5-14/h1-9H,10-11H2/b17-16-. The number of allylic oxidation sites excluding steroid dienone is 1. The normalized spacial score (nSPS) is 16.5. The minimum absolute atomic E-state index is 0.705. The van der Waals surface area contributed by atoms with Crippen molar-refractivity contribution in [3.8, 4) is 6.07 Å². The molecule has 0 spiro atoms. The number of para-hydroxylation sites is 1. The van der Waals surface area contributed by atoms with E-state index in [4.69, 9.17) is 11.6 Å². The van der Waals surface area contributed by atoms with Crippen LogP contribution in [0.25, 0.3) is 0 Å². The highest BCUT2D eigenvalue weighted by atomic mass is 35.5. The van der Waals surface area contributed by atoms with E-state index in [2.05, 4.69) is 23.1 Å². The van der Waals surface area contributed by atoms with Gasteiger partial charge in [-0.05, 0) is 36.4 Å². The lowest BCUT2D eigenvalue weighted by atomic mass is 10.3. The average molecular weight is 345 g/mol. The molecule has 22 heavy (non-hydrogen) atoms. The Balaban J connectivity index is 1.91. The second kappa shape index (κ2) is 7.15. The highest BCUT2D eigenvalue weighted by Crippen LogP contribution is 2.40. The van der Waals surface area contributed by atoms with Crippen molar-refractivity contribution in [3.63, 3.8) is 0 Å². The van der Waals surface area contributed by atoms with Gasteiger partial charge in [-0.25, -0.2) is 0 Å². The quantitative estimate of drug-likeness (QED) is 0.552. The summed E-state index contributed by atoms with van der Waals surface area (Å²) >= 11 is 9.14. The van der Waals surface area contributed by atoms with Gasteiger partial charge in [0.1, 0.15) is 16.0 Å². The summed E-state index contributed by atoms with van der Waals surface area (Å²) in [6.45, 7) is 0.927. The monoisotopic (exact) mass is 344 g/mol. The molecule has 0 N–H and O–H groups in total. The van der Waals surface area contributed by atoms with Gasteiger partial charge in [-0.2, -0.15) is 5.26 Å². The maximum atomic E-state index is 9.57. The van der Waals surface area contributed by atoms with Crippen LogP contribution >= 0.6 is 35.1 Å². The van der Waals surface area contributed by atoms with Crippen molar-refractivity contribution >= 4 is 40.8 Å². The van der Waals surface area contributed by atoms with Gasteiger partial charge in [-0.1, -0.05) is 41.6 Å². The predicted octanol–water partition coefficient (Wildman–Crippen LogP) is 5.38. The summed E-state index contributed by atoms with van der Waals surface area (Å²) in [6.07, 6.45) is 0. The first-order chi connectivity index (χ1) is 10.8. The fraction of sp³-hybridized carbons (Fsp3) is 0.118. The van der Waals surface area contributed by atoms with Gasteiger partial charge in [-0.3, -0.25) is 0 Å². The van der Waals surface area contributed by atoms with Crippen molar-refractivity contribution in [2.24, 2.45) is 0 Å². The van der Waals surface area contributed by atoms with E-state index in [1.807, 2.05) is 42.5 Å². The second-order valence-electron chi connectivity index (χ2n) is 4.64. The van der Waals surface area contributed by atoms with Crippen molar-refractivity contribution in [2.75, 3.05) is 17.2 Å². The molecule has 2 nitrogen and oxygen atoms in total. The largest absolute Gasteiger partial charge is 0.334 e. The van der Waals surface area contributed by atoms with E-state index in [0.29, 0.717) is 5.02 Å². The third-order valence-electron chi connectivity index (χ3n) is 3.20. The van der Waals surface area contributed by atoms with Crippen molar-refractivity contribution in [1.29, 1.82) is 5.26 Å².